The highest BCUT2D eigenvalue weighted by Crippen LogP contribution is 2.37. The average Bonchev–Trinajstić information content (AvgIpc) is 2.94. The molecule has 1 aromatic heterocycles. The van der Waals surface area contributed by atoms with Gasteiger partial charge in [0.05, 0.1) is 11.2 Å². The van der Waals surface area contributed by atoms with E-state index in [-0.39, 0.29) is 18.3 Å². The van der Waals surface area contributed by atoms with Crippen LogP contribution < -0.4 is 4.78 Å². The smallest absolute Gasteiger partial charge is 0.399 e. The molecule has 0 unspecified atom stereocenters. The summed E-state index contributed by atoms with van der Waals surface area (Å²) in [7, 11) is -0.265. The summed E-state index contributed by atoms with van der Waals surface area (Å²) in [4.78, 5) is 0. The number of benzene rings is 1. The first kappa shape index (κ1) is 14.8. The molecule has 1 saturated heterocycles. The number of thiophene rings is 1. The lowest BCUT2D eigenvalue weighted by atomic mass is 9.87. The second kappa shape index (κ2) is 4.97. The van der Waals surface area contributed by atoms with E-state index in [1.54, 1.807) is 11.3 Å². The fraction of sp³-hybridized carbons (Fsp3) is 0.412. The second-order valence-electron chi connectivity index (χ2n) is 6.69. The molecule has 110 valence electrons. The minimum atomic E-state index is -0.286. The normalized spacial score (nSPS) is 20.0. The first-order valence-electron chi connectivity index (χ1n) is 7.30. The van der Waals surface area contributed by atoms with E-state index >= 15 is 0 Å². The monoisotopic (exact) mass is 300 g/mol. The molecule has 3 rings (SSSR count). The maximum Gasteiger partial charge on any atom is 0.505 e. The van der Waals surface area contributed by atoms with Gasteiger partial charge in [0.1, 0.15) is 0 Å². The quantitative estimate of drug-likeness (QED) is 0.780. The van der Waals surface area contributed by atoms with Crippen molar-refractivity contribution >= 4 is 23.2 Å². The molecule has 0 bridgehead atoms. The van der Waals surface area contributed by atoms with Gasteiger partial charge in [-0.05, 0) is 57.2 Å². The van der Waals surface area contributed by atoms with Gasteiger partial charge in [-0.15, -0.1) is 0 Å². The highest BCUT2D eigenvalue weighted by Gasteiger charge is 2.52. The molecule has 1 aromatic carbocycles. The Morgan fingerprint density at radius 3 is 2.05 bits per heavy atom. The van der Waals surface area contributed by atoms with E-state index < -0.39 is 0 Å². The average molecular weight is 300 g/mol. The SMILES string of the molecule is Cc1ccc(-c2csc(B3OC(C)(C)C(C)(C)O3)c2)cc1. The van der Waals surface area contributed by atoms with E-state index in [0.29, 0.717) is 0 Å². The number of rotatable bonds is 2. The van der Waals surface area contributed by atoms with Crippen LogP contribution in [0.25, 0.3) is 11.1 Å². The van der Waals surface area contributed by atoms with Crippen LogP contribution in [0.5, 0.6) is 0 Å². The molecular weight excluding hydrogens is 279 g/mol. The lowest BCUT2D eigenvalue weighted by Crippen LogP contribution is -2.41. The fourth-order valence-corrected chi connectivity index (χ4v) is 3.20. The Kier molecular flexibility index (Phi) is 3.51. The zero-order valence-corrected chi connectivity index (χ0v) is 14.1. The van der Waals surface area contributed by atoms with Crippen molar-refractivity contribution in [3.05, 3.63) is 41.3 Å². The second-order valence-corrected chi connectivity index (χ2v) is 7.63. The number of hydrogen-bond donors (Lipinski definition) is 0. The van der Waals surface area contributed by atoms with E-state index in [2.05, 4.69) is 70.3 Å². The molecule has 4 heteroatoms. The Morgan fingerprint density at radius 2 is 1.48 bits per heavy atom. The zero-order chi connectivity index (χ0) is 15.3. The highest BCUT2D eigenvalue weighted by atomic mass is 32.1. The van der Waals surface area contributed by atoms with Crippen LogP contribution in [-0.2, 0) is 9.31 Å². The zero-order valence-electron chi connectivity index (χ0n) is 13.3. The van der Waals surface area contributed by atoms with Crippen molar-refractivity contribution in [2.75, 3.05) is 0 Å². The van der Waals surface area contributed by atoms with Gasteiger partial charge in [0, 0.05) is 4.78 Å². The molecule has 0 spiro atoms. The van der Waals surface area contributed by atoms with Crippen LogP contribution in [0, 0.1) is 6.92 Å². The van der Waals surface area contributed by atoms with Crippen molar-refractivity contribution in [1.82, 2.24) is 0 Å². The van der Waals surface area contributed by atoms with Gasteiger partial charge in [-0.25, -0.2) is 0 Å². The Balaban J connectivity index is 1.85. The van der Waals surface area contributed by atoms with Crippen molar-refractivity contribution in [3.8, 4) is 11.1 Å². The van der Waals surface area contributed by atoms with Gasteiger partial charge in [-0.3, -0.25) is 0 Å². The van der Waals surface area contributed by atoms with Crippen LogP contribution >= 0.6 is 11.3 Å². The van der Waals surface area contributed by atoms with Gasteiger partial charge in [-0.1, -0.05) is 29.8 Å². The van der Waals surface area contributed by atoms with Gasteiger partial charge in [0.25, 0.3) is 0 Å². The first-order valence-corrected chi connectivity index (χ1v) is 8.18. The summed E-state index contributed by atoms with van der Waals surface area (Å²) < 4.78 is 13.3. The van der Waals surface area contributed by atoms with Crippen LogP contribution in [-0.4, -0.2) is 18.3 Å². The van der Waals surface area contributed by atoms with Crippen LogP contribution in [0.3, 0.4) is 0 Å². The van der Waals surface area contributed by atoms with E-state index in [1.807, 2.05) is 0 Å². The minimum absolute atomic E-state index is 0.265. The van der Waals surface area contributed by atoms with Crippen LogP contribution in [0.15, 0.2) is 35.7 Å². The van der Waals surface area contributed by atoms with Crippen LogP contribution in [0.1, 0.15) is 33.3 Å². The van der Waals surface area contributed by atoms with Gasteiger partial charge in [-0.2, -0.15) is 11.3 Å². The van der Waals surface area contributed by atoms with E-state index in [0.717, 1.165) is 4.78 Å². The van der Waals surface area contributed by atoms with E-state index in [9.17, 15) is 0 Å². The van der Waals surface area contributed by atoms with E-state index in [1.165, 1.54) is 16.7 Å². The molecule has 0 saturated carbocycles. The third-order valence-electron chi connectivity index (χ3n) is 4.49. The van der Waals surface area contributed by atoms with Crippen molar-refractivity contribution in [1.29, 1.82) is 0 Å². The summed E-state index contributed by atoms with van der Waals surface area (Å²) in [6, 6.07) is 10.8. The maximum atomic E-state index is 6.11. The Labute approximate surface area is 131 Å². The highest BCUT2D eigenvalue weighted by molar-refractivity contribution is 7.21. The van der Waals surface area contributed by atoms with Gasteiger partial charge in [0.2, 0.25) is 0 Å². The topological polar surface area (TPSA) is 18.5 Å². The molecule has 0 atom stereocenters. The van der Waals surface area contributed by atoms with Crippen LogP contribution in [0.4, 0.5) is 0 Å². The molecular formula is C17H21BO2S. The number of hydrogen-bond acceptors (Lipinski definition) is 3. The van der Waals surface area contributed by atoms with Crippen molar-refractivity contribution in [2.24, 2.45) is 0 Å². The summed E-state index contributed by atoms with van der Waals surface area (Å²) in [5.74, 6) is 0. The molecule has 1 aliphatic rings. The first-order chi connectivity index (χ1) is 9.78. The molecule has 0 aliphatic carbocycles. The predicted molar refractivity (Wildman–Crippen MR) is 90.2 cm³/mol. The lowest BCUT2D eigenvalue weighted by molar-refractivity contribution is 0.00578. The van der Waals surface area contributed by atoms with Gasteiger partial charge < -0.3 is 9.31 Å². The lowest BCUT2D eigenvalue weighted by Gasteiger charge is -2.32. The Morgan fingerprint density at radius 1 is 0.905 bits per heavy atom. The Bertz CT molecular complexity index is 627. The molecule has 1 fully saturated rings. The molecule has 0 N–H and O–H groups in total. The van der Waals surface area contributed by atoms with E-state index in [4.69, 9.17) is 9.31 Å². The standard InChI is InChI=1S/C17H21BO2S/c1-12-6-8-13(9-7-12)14-10-15(21-11-14)18-19-16(2,3)17(4,5)20-18/h6-11H,1-5H3. The fourth-order valence-electron chi connectivity index (χ4n) is 2.33. The predicted octanol–water partition coefficient (Wildman–Crippen LogP) is 4.02. The third-order valence-corrected chi connectivity index (χ3v) is 5.44. The molecule has 2 nitrogen and oxygen atoms in total. The van der Waals surface area contributed by atoms with Crippen LogP contribution in [0.2, 0.25) is 0 Å². The summed E-state index contributed by atoms with van der Waals surface area (Å²) in [5.41, 5.74) is 3.17. The van der Waals surface area contributed by atoms with Gasteiger partial charge >= 0.3 is 7.12 Å². The minimum Gasteiger partial charge on any atom is -0.399 e. The Hall–Kier alpha value is -1.10. The van der Waals surface area contributed by atoms with Crippen molar-refractivity contribution < 1.29 is 9.31 Å². The summed E-state index contributed by atoms with van der Waals surface area (Å²) in [6.45, 7) is 10.4. The third kappa shape index (κ3) is 2.68. The molecule has 2 aromatic rings. The molecule has 2 heterocycles. The van der Waals surface area contributed by atoms with Crippen molar-refractivity contribution in [2.45, 2.75) is 45.8 Å². The maximum absolute atomic E-state index is 6.11. The molecule has 0 amide bonds. The summed E-state index contributed by atoms with van der Waals surface area (Å²) in [5, 5.41) is 2.17. The van der Waals surface area contributed by atoms with Crippen molar-refractivity contribution in [3.63, 3.8) is 0 Å². The molecule has 21 heavy (non-hydrogen) atoms. The molecule has 0 radical (unpaired) electrons. The number of aryl methyl sites for hydroxylation is 1. The van der Waals surface area contributed by atoms with Gasteiger partial charge in [0.15, 0.2) is 0 Å². The molecule has 1 aliphatic heterocycles. The largest absolute Gasteiger partial charge is 0.505 e. The summed E-state index contributed by atoms with van der Waals surface area (Å²) in [6.07, 6.45) is 0. The summed E-state index contributed by atoms with van der Waals surface area (Å²) >= 11 is 1.70.